The first-order valence-corrected chi connectivity index (χ1v) is 10.8. The molecule has 0 aliphatic heterocycles. The van der Waals surface area contributed by atoms with Crippen LogP contribution in [0.25, 0.3) is 16.6 Å². The van der Waals surface area contributed by atoms with E-state index in [9.17, 15) is 14.7 Å². The highest BCUT2D eigenvalue weighted by Gasteiger charge is 2.27. The summed E-state index contributed by atoms with van der Waals surface area (Å²) in [6.07, 6.45) is 1.42. The monoisotopic (exact) mass is 480 g/mol. The first-order chi connectivity index (χ1) is 16.5. The number of nitrogens with zero attached hydrogens (tertiary/aromatic N) is 2. The summed E-state index contributed by atoms with van der Waals surface area (Å²) < 4.78 is 29.8. The van der Waals surface area contributed by atoms with Gasteiger partial charge < -0.3 is 23.7 Å². The number of furan rings is 1. The Morgan fingerprint density at radius 2 is 1.65 bits per heavy atom. The Labute approximate surface area is 198 Å². The van der Waals surface area contributed by atoms with Crippen LogP contribution < -0.4 is 14.2 Å². The van der Waals surface area contributed by atoms with Gasteiger partial charge in [-0.1, -0.05) is 6.07 Å². The van der Waals surface area contributed by atoms with Crippen LogP contribution in [0, 0.1) is 0 Å². The van der Waals surface area contributed by atoms with Gasteiger partial charge >= 0.3 is 5.97 Å². The van der Waals surface area contributed by atoms with Gasteiger partial charge in [0.15, 0.2) is 17.3 Å². The van der Waals surface area contributed by atoms with Crippen LogP contribution in [-0.4, -0.2) is 46.9 Å². The number of hydrogen-bond acceptors (Lipinski definition) is 9. The van der Waals surface area contributed by atoms with Crippen molar-refractivity contribution >= 4 is 40.1 Å². The Kier molecular flexibility index (Phi) is 6.60. The van der Waals surface area contributed by atoms with E-state index in [1.807, 2.05) is 0 Å². The number of ketones is 1. The SMILES string of the molecule is COc1cc(C(=O)C(Cc2ccco2)=C(C(=O)O)c2ccc3nsnc3c2)cc(OC)c1OC. The molecule has 0 aliphatic carbocycles. The molecule has 0 saturated heterocycles. The average molecular weight is 480 g/mol. The number of carboxylic acid groups (broad SMARTS) is 1. The summed E-state index contributed by atoms with van der Waals surface area (Å²) in [4.78, 5) is 26.3. The molecule has 34 heavy (non-hydrogen) atoms. The average Bonchev–Trinajstić information content (AvgIpc) is 3.53. The standard InChI is InChI=1S/C24H20N2O7S/c1-30-19-10-14(11-20(31-2)23(19)32-3)22(27)16(12-15-5-4-8-33-15)21(24(28)29)13-6-7-17-18(9-13)26-34-25-17/h4-11H,12H2,1-3H3,(H,28,29). The number of methoxy groups -OCH3 is 3. The number of carbonyl (C=O) groups is 2. The van der Waals surface area contributed by atoms with E-state index in [2.05, 4.69) is 8.75 Å². The van der Waals surface area contributed by atoms with E-state index in [4.69, 9.17) is 18.6 Å². The number of fused-ring (bicyclic) bond motifs is 1. The zero-order valence-electron chi connectivity index (χ0n) is 18.5. The van der Waals surface area contributed by atoms with Crippen LogP contribution in [0.5, 0.6) is 17.2 Å². The first-order valence-electron chi connectivity index (χ1n) is 10.0. The molecule has 0 saturated carbocycles. The molecule has 2 aromatic heterocycles. The lowest BCUT2D eigenvalue weighted by Crippen LogP contribution is -2.14. The number of Topliss-reactive ketones (excluding diaryl/α,β-unsaturated/α-hetero) is 1. The maximum absolute atomic E-state index is 13.8. The molecule has 4 aromatic rings. The fourth-order valence-corrected chi connectivity index (χ4v) is 4.14. The molecule has 0 spiro atoms. The Morgan fingerprint density at radius 1 is 0.941 bits per heavy atom. The number of benzene rings is 2. The first kappa shape index (κ1) is 23.0. The minimum absolute atomic E-state index is 0.0271. The lowest BCUT2D eigenvalue weighted by Gasteiger charge is -2.16. The van der Waals surface area contributed by atoms with Gasteiger partial charge in [0.2, 0.25) is 5.75 Å². The second-order valence-corrected chi connectivity index (χ2v) is 7.65. The Morgan fingerprint density at radius 3 is 2.24 bits per heavy atom. The predicted molar refractivity (Wildman–Crippen MR) is 125 cm³/mol. The summed E-state index contributed by atoms with van der Waals surface area (Å²) in [5, 5.41) is 10.2. The largest absolute Gasteiger partial charge is 0.493 e. The maximum atomic E-state index is 13.8. The number of aliphatic carboxylic acids is 1. The number of ether oxygens (including phenoxy) is 3. The number of carbonyl (C=O) groups excluding carboxylic acids is 1. The minimum Gasteiger partial charge on any atom is -0.493 e. The summed E-state index contributed by atoms with van der Waals surface area (Å²) in [6, 6.07) is 11.2. The van der Waals surface area contributed by atoms with Crippen LogP contribution in [-0.2, 0) is 11.2 Å². The lowest BCUT2D eigenvalue weighted by atomic mass is 9.90. The Bertz CT molecular complexity index is 1360. The molecule has 0 aliphatic rings. The molecule has 1 N–H and O–H groups in total. The molecule has 2 aromatic carbocycles. The van der Waals surface area contributed by atoms with E-state index in [-0.39, 0.29) is 34.6 Å². The van der Waals surface area contributed by atoms with Crippen molar-refractivity contribution in [3.05, 3.63) is 71.2 Å². The van der Waals surface area contributed by atoms with Gasteiger partial charge in [-0.15, -0.1) is 0 Å². The van der Waals surface area contributed by atoms with Crippen molar-refractivity contribution < 1.29 is 33.3 Å². The molecular weight excluding hydrogens is 460 g/mol. The topological polar surface area (TPSA) is 121 Å². The fraction of sp³-hybridized carbons (Fsp3) is 0.167. The highest BCUT2D eigenvalue weighted by molar-refractivity contribution is 7.00. The molecule has 174 valence electrons. The number of aromatic nitrogens is 2. The normalized spacial score (nSPS) is 11.7. The Hall–Kier alpha value is -4.18. The van der Waals surface area contributed by atoms with Gasteiger partial charge in [-0.25, -0.2) is 4.79 Å². The summed E-state index contributed by atoms with van der Waals surface area (Å²) in [6.45, 7) is 0. The van der Waals surface area contributed by atoms with Crippen molar-refractivity contribution in [2.45, 2.75) is 6.42 Å². The number of allylic oxidation sites excluding steroid dienone is 1. The smallest absolute Gasteiger partial charge is 0.336 e. The van der Waals surface area contributed by atoms with Crippen LogP contribution in [0.2, 0.25) is 0 Å². The predicted octanol–water partition coefficient (Wildman–Crippen LogP) is 4.27. The highest BCUT2D eigenvalue weighted by Crippen LogP contribution is 2.39. The second kappa shape index (κ2) is 9.75. The van der Waals surface area contributed by atoms with Gasteiger partial charge in [0, 0.05) is 17.6 Å². The number of carboxylic acids is 1. The van der Waals surface area contributed by atoms with Gasteiger partial charge in [0.1, 0.15) is 16.8 Å². The van der Waals surface area contributed by atoms with Crippen molar-refractivity contribution in [3.8, 4) is 17.2 Å². The summed E-state index contributed by atoms with van der Waals surface area (Å²) in [5.41, 5.74) is 1.55. The van der Waals surface area contributed by atoms with Crippen LogP contribution in [0.1, 0.15) is 21.7 Å². The van der Waals surface area contributed by atoms with Crippen LogP contribution in [0.3, 0.4) is 0 Å². The van der Waals surface area contributed by atoms with E-state index >= 15 is 0 Å². The van der Waals surface area contributed by atoms with Gasteiger partial charge in [-0.3, -0.25) is 4.79 Å². The number of rotatable bonds is 9. The van der Waals surface area contributed by atoms with Gasteiger partial charge in [0.05, 0.1) is 44.9 Å². The maximum Gasteiger partial charge on any atom is 0.336 e. The van der Waals surface area contributed by atoms with Crippen LogP contribution in [0.15, 0.2) is 58.7 Å². The van der Waals surface area contributed by atoms with Gasteiger partial charge in [-0.05, 0) is 42.0 Å². The zero-order valence-corrected chi connectivity index (χ0v) is 19.3. The quantitative estimate of drug-likeness (QED) is 0.276. The third-order valence-corrected chi connectivity index (χ3v) is 5.75. The van der Waals surface area contributed by atoms with Crippen LogP contribution in [0.4, 0.5) is 0 Å². The molecule has 0 radical (unpaired) electrons. The molecule has 9 nitrogen and oxygen atoms in total. The minimum atomic E-state index is -1.26. The summed E-state index contributed by atoms with van der Waals surface area (Å²) in [5.74, 6) is -0.484. The van der Waals surface area contributed by atoms with Crippen molar-refractivity contribution in [1.82, 2.24) is 8.75 Å². The Balaban J connectivity index is 1.94. The van der Waals surface area contributed by atoms with E-state index in [0.29, 0.717) is 28.1 Å². The zero-order chi connectivity index (χ0) is 24.2. The van der Waals surface area contributed by atoms with Crippen molar-refractivity contribution in [1.29, 1.82) is 0 Å². The fourth-order valence-electron chi connectivity index (χ4n) is 3.62. The molecule has 0 amide bonds. The van der Waals surface area contributed by atoms with Crippen molar-refractivity contribution in [2.75, 3.05) is 21.3 Å². The van der Waals surface area contributed by atoms with E-state index < -0.39 is 11.8 Å². The second-order valence-electron chi connectivity index (χ2n) is 7.13. The van der Waals surface area contributed by atoms with E-state index in [0.717, 1.165) is 11.7 Å². The summed E-state index contributed by atoms with van der Waals surface area (Å²) >= 11 is 1.02. The molecule has 0 fully saturated rings. The van der Waals surface area contributed by atoms with Crippen LogP contribution >= 0.6 is 11.7 Å². The molecule has 0 atom stereocenters. The molecule has 2 heterocycles. The number of hydrogen-bond donors (Lipinski definition) is 1. The third kappa shape index (κ3) is 4.35. The van der Waals surface area contributed by atoms with Crippen molar-refractivity contribution in [2.24, 2.45) is 0 Å². The third-order valence-electron chi connectivity index (χ3n) is 5.19. The van der Waals surface area contributed by atoms with E-state index in [1.165, 1.54) is 39.7 Å². The molecule has 4 rings (SSSR count). The van der Waals surface area contributed by atoms with E-state index in [1.54, 1.807) is 30.3 Å². The molecule has 0 bridgehead atoms. The molecule has 10 heteroatoms. The molecule has 0 unspecified atom stereocenters. The van der Waals surface area contributed by atoms with Gasteiger partial charge in [0.25, 0.3) is 0 Å². The lowest BCUT2D eigenvalue weighted by molar-refractivity contribution is -0.130. The molecular formula is C24H20N2O7S. The summed E-state index contributed by atoms with van der Waals surface area (Å²) in [7, 11) is 4.33. The van der Waals surface area contributed by atoms with Crippen molar-refractivity contribution in [3.63, 3.8) is 0 Å². The highest BCUT2D eigenvalue weighted by atomic mass is 32.1. The van der Waals surface area contributed by atoms with Gasteiger partial charge in [-0.2, -0.15) is 8.75 Å².